The van der Waals surface area contributed by atoms with E-state index in [-0.39, 0.29) is 55.5 Å². The predicted molar refractivity (Wildman–Crippen MR) is 176 cm³/mol. The van der Waals surface area contributed by atoms with Crippen molar-refractivity contribution in [3.63, 3.8) is 0 Å². The van der Waals surface area contributed by atoms with Crippen molar-refractivity contribution in [3.8, 4) is 0 Å². The van der Waals surface area contributed by atoms with Gasteiger partial charge in [-0.2, -0.15) is 0 Å². The molecular weight excluding hydrogens is 558 g/mol. The molecule has 0 saturated carbocycles. The van der Waals surface area contributed by atoms with Gasteiger partial charge in [0.05, 0.1) is 40.3 Å². The van der Waals surface area contributed by atoms with Crippen LogP contribution in [0.3, 0.4) is 0 Å². The fraction of sp³-hybridized carbons (Fsp3) is 0.694. The van der Waals surface area contributed by atoms with Gasteiger partial charge in [-0.1, -0.05) is 81.7 Å². The van der Waals surface area contributed by atoms with Crippen LogP contribution in [0.4, 0.5) is 0 Å². The largest absolute Gasteiger partial charge is 0.544 e. The summed E-state index contributed by atoms with van der Waals surface area (Å²) in [5.74, 6) is -1.86. The van der Waals surface area contributed by atoms with Gasteiger partial charge in [-0.25, -0.2) is 0 Å². The van der Waals surface area contributed by atoms with Gasteiger partial charge in [-0.15, -0.1) is 0 Å². The number of rotatable bonds is 28. The van der Waals surface area contributed by atoms with Gasteiger partial charge in [-0.3, -0.25) is 9.59 Å². The molecule has 0 radical (unpaired) electrons. The number of carboxylic acids is 1. The van der Waals surface area contributed by atoms with E-state index in [4.69, 9.17) is 14.2 Å². The molecule has 0 aliphatic carbocycles. The van der Waals surface area contributed by atoms with Crippen molar-refractivity contribution < 1.29 is 38.2 Å². The van der Waals surface area contributed by atoms with E-state index in [1.165, 1.54) is 25.7 Å². The van der Waals surface area contributed by atoms with Gasteiger partial charge in [0, 0.05) is 19.3 Å². The predicted octanol–water partition coefficient (Wildman–Crippen LogP) is 6.40. The summed E-state index contributed by atoms with van der Waals surface area (Å²) < 4.78 is 16.9. The van der Waals surface area contributed by atoms with E-state index < -0.39 is 18.1 Å². The van der Waals surface area contributed by atoms with Crippen LogP contribution in [0.15, 0.2) is 48.6 Å². The lowest BCUT2D eigenvalue weighted by Gasteiger charge is -2.34. The fourth-order valence-corrected chi connectivity index (χ4v) is 4.33. The second kappa shape index (κ2) is 27.8. The molecule has 0 spiro atoms. The number of nitrogens with zero attached hydrogens (tertiary/aromatic N) is 1. The molecular formula is C36H61NO7. The lowest BCUT2D eigenvalue weighted by atomic mass is 10.1. The Labute approximate surface area is 267 Å². The maximum Gasteiger partial charge on any atom is 0.306 e. The molecule has 252 valence electrons. The first-order valence-electron chi connectivity index (χ1n) is 16.7. The molecule has 0 bridgehead atoms. The van der Waals surface area contributed by atoms with E-state index in [2.05, 4.69) is 62.5 Å². The monoisotopic (exact) mass is 619 g/mol. The Bertz CT molecular complexity index is 870. The molecule has 0 amide bonds. The second-order valence-electron chi connectivity index (χ2n) is 12.0. The second-order valence-corrected chi connectivity index (χ2v) is 12.0. The van der Waals surface area contributed by atoms with Crippen LogP contribution in [-0.4, -0.2) is 75.5 Å². The van der Waals surface area contributed by atoms with E-state index in [0.29, 0.717) is 12.8 Å². The average Bonchev–Trinajstić information content (AvgIpc) is 2.96. The zero-order valence-corrected chi connectivity index (χ0v) is 28.3. The van der Waals surface area contributed by atoms with Crippen molar-refractivity contribution in [2.75, 3.05) is 41.0 Å². The molecule has 0 aromatic heterocycles. The van der Waals surface area contributed by atoms with E-state index in [9.17, 15) is 19.5 Å². The Morgan fingerprint density at radius 3 is 1.86 bits per heavy atom. The first kappa shape index (κ1) is 41.3. The highest BCUT2D eigenvalue weighted by Gasteiger charge is 2.25. The number of carboxylic acid groups (broad SMARTS) is 1. The average molecular weight is 620 g/mol. The molecule has 44 heavy (non-hydrogen) atoms. The summed E-state index contributed by atoms with van der Waals surface area (Å²) in [6.45, 7) is 4.37. The van der Waals surface area contributed by atoms with Gasteiger partial charge in [-0.05, 0) is 57.8 Å². The number of carbonyl (C=O) groups is 3. The van der Waals surface area contributed by atoms with Gasteiger partial charge >= 0.3 is 11.9 Å². The maximum atomic E-state index is 12.5. The highest BCUT2D eigenvalue weighted by Crippen LogP contribution is 2.10. The molecule has 8 nitrogen and oxygen atoms in total. The molecule has 2 atom stereocenters. The quantitative estimate of drug-likeness (QED) is 0.0432. The standard InChI is InChI=1S/C36H61NO7/c1-6-8-10-12-14-16-17-19-20-22-24-26-34(38)43-31-32(30-42-29-28-33(36(40)41)37(3,4)5)44-35(39)27-25-23-21-18-15-13-11-9-7-2/h8,10,14,16,18-21,32-33H,6-7,9,11-13,15,17,22-31H2,1-5H3/b10-8+,16-14+,20-19+,21-18+. The van der Waals surface area contributed by atoms with E-state index in [0.717, 1.165) is 38.5 Å². The first-order chi connectivity index (χ1) is 21.1. The molecule has 0 aromatic carbocycles. The number of esters is 2. The van der Waals surface area contributed by atoms with Gasteiger partial charge in [0.25, 0.3) is 0 Å². The summed E-state index contributed by atoms with van der Waals surface area (Å²) in [4.78, 5) is 36.3. The van der Waals surface area contributed by atoms with Crippen LogP contribution in [0.2, 0.25) is 0 Å². The summed E-state index contributed by atoms with van der Waals surface area (Å²) in [6.07, 6.45) is 28.8. The number of quaternary nitrogens is 1. The minimum absolute atomic E-state index is 0.0120. The topological polar surface area (TPSA) is 102 Å². The molecule has 0 heterocycles. The third-order valence-electron chi connectivity index (χ3n) is 6.95. The lowest BCUT2D eigenvalue weighted by molar-refractivity contribution is -0.889. The summed E-state index contributed by atoms with van der Waals surface area (Å²) in [7, 11) is 5.35. The van der Waals surface area contributed by atoms with Crippen molar-refractivity contribution in [2.45, 2.75) is 122 Å². The van der Waals surface area contributed by atoms with Crippen molar-refractivity contribution in [2.24, 2.45) is 0 Å². The first-order valence-corrected chi connectivity index (χ1v) is 16.7. The third-order valence-corrected chi connectivity index (χ3v) is 6.95. The van der Waals surface area contributed by atoms with Gasteiger partial charge < -0.3 is 28.6 Å². The number of hydrogen-bond acceptors (Lipinski definition) is 7. The number of unbranched alkanes of at least 4 members (excludes halogenated alkanes) is 6. The van der Waals surface area contributed by atoms with E-state index in [1.807, 2.05) is 0 Å². The number of carbonyl (C=O) groups excluding carboxylic acids is 3. The lowest BCUT2D eigenvalue weighted by Crippen LogP contribution is -2.55. The minimum Gasteiger partial charge on any atom is -0.544 e. The summed E-state index contributed by atoms with van der Waals surface area (Å²) >= 11 is 0. The molecule has 8 heteroatoms. The summed E-state index contributed by atoms with van der Waals surface area (Å²) in [6, 6.07) is -0.735. The van der Waals surface area contributed by atoms with Crippen LogP contribution < -0.4 is 5.11 Å². The minimum atomic E-state index is -1.14. The smallest absolute Gasteiger partial charge is 0.306 e. The zero-order chi connectivity index (χ0) is 32.9. The number of ether oxygens (including phenoxy) is 3. The van der Waals surface area contributed by atoms with Crippen molar-refractivity contribution in [1.82, 2.24) is 0 Å². The van der Waals surface area contributed by atoms with Crippen molar-refractivity contribution >= 4 is 17.9 Å². The number of likely N-dealkylation sites (N-methyl/N-ethyl adjacent to an activating group) is 1. The van der Waals surface area contributed by atoms with Crippen LogP contribution in [0.1, 0.15) is 110 Å². The zero-order valence-electron chi connectivity index (χ0n) is 28.3. The third kappa shape index (κ3) is 25.8. The Morgan fingerprint density at radius 1 is 0.705 bits per heavy atom. The molecule has 0 N–H and O–H groups in total. The van der Waals surface area contributed by atoms with Crippen LogP contribution >= 0.6 is 0 Å². The van der Waals surface area contributed by atoms with Gasteiger partial charge in [0.15, 0.2) is 6.10 Å². The molecule has 0 aliphatic rings. The SMILES string of the molecule is CC/C=C/C/C=C/C/C=C/CCCC(=O)OCC(COCCC(C(=O)[O-])[N+](C)(C)C)OC(=O)CCC/C=C/CCCCCC. The number of hydrogen-bond donors (Lipinski definition) is 0. The molecule has 0 aliphatic heterocycles. The Morgan fingerprint density at radius 2 is 1.27 bits per heavy atom. The molecule has 0 fully saturated rings. The molecule has 2 unspecified atom stereocenters. The van der Waals surface area contributed by atoms with E-state index in [1.54, 1.807) is 21.1 Å². The highest BCUT2D eigenvalue weighted by molar-refractivity contribution is 5.70. The Hall–Kier alpha value is -2.71. The van der Waals surface area contributed by atoms with Crippen molar-refractivity contribution in [1.29, 1.82) is 0 Å². The number of aliphatic carboxylic acids is 1. The van der Waals surface area contributed by atoms with Crippen molar-refractivity contribution in [3.05, 3.63) is 48.6 Å². The fourth-order valence-electron chi connectivity index (χ4n) is 4.33. The van der Waals surface area contributed by atoms with Gasteiger partial charge in [0.2, 0.25) is 0 Å². The molecule has 0 rings (SSSR count). The van der Waals surface area contributed by atoms with Crippen LogP contribution in [0, 0.1) is 0 Å². The van der Waals surface area contributed by atoms with Crippen LogP contribution in [-0.2, 0) is 28.6 Å². The van der Waals surface area contributed by atoms with Gasteiger partial charge in [0.1, 0.15) is 12.6 Å². The van der Waals surface area contributed by atoms with Crippen LogP contribution in [0.25, 0.3) is 0 Å². The summed E-state index contributed by atoms with van der Waals surface area (Å²) in [5.41, 5.74) is 0. The highest BCUT2D eigenvalue weighted by atomic mass is 16.6. The van der Waals surface area contributed by atoms with Crippen LogP contribution in [0.5, 0.6) is 0 Å². The maximum absolute atomic E-state index is 12.5. The summed E-state index contributed by atoms with van der Waals surface area (Å²) in [5, 5.41) is 11.5. The number of allylic oxidation sites excluding steroid dienone is 8. The van der Waals surface area contributed by atoms with E-state index >= 15 is 0 Å². The molecule has 0 aromatic rings. The Balaban J connectivity index is 4.62. The Kier molecular flexibility index (Phi) is 26.1. The molecule has 0 saturated heterocycles. The normalized spacial score (nSPS) is 13.8.